The van der Waals surface area contributed by atoms with Gasteiger partial charge in [-0.05, 0) is 37.6 Å². The molecule has 0 aliphatic carbocycles. The van der Waals surface area contributed by atoms with Crippen LogP contribution in [0.5, 0.6) is 0 Å². The second-order valence-corrected chi connectivity index (χ2v) is 5.87. The molecule has 6 heteroatoms. The van der Waals surface area contributed by atoms with Crippen LogP contribution in [0.3, 0.4) is 0 Å². The topological polar surface area (TPSA) is 50.3 Å². The number of halogens is 1. The van der Waals surface area contributed by atoms with Crippen LogP contribution in [0.2, 0.25) is 0 Å². The van der Waals surface area contributed by atoms with Gasteiger partial charge in [0.25, 0.3) is 0 Å². The molecule has 3 rings (SSSR count). The number of hydrogen-bond acceptors (Lipinski definition) is 5. The standard InChI is InChI=1S/C17H21FN4O/c1-12-10-22(11-13(2)23-12)16-5-4-14(8-15(16)18)9-21-17-19-6-3-7-20-17/h3-8,12-13H,9-11H2,1-2H3,(H,19,20,21)/t12-,13-/m0/s1. The third kappa shape index (κ3) is 3.96. The predicted molar refractivity (Wildman–Crippen MR) is 88.0 cm³/mol. The first-order valence-corrected chi connectivity index (χ1v) is 7.81. The van der Waals surface area contributed by atoms with Crippen molar-refractivity contribution in [1.82, 2.24) is 9.97 Å². The Morgan fingerprint density at radius 2 is 1.91 bits per heavy atom. The zero-order valence-corrected chi connectivity index (χ0v) is 13.4. The molecule has 5 nitrogen and oxygen atoms in total. The number of ether oxygens (including phenoxy) is 1. The van der Waals surface area contributed by atoms with Crippen molar-refractivity contribution < 1.29 is 9.13 Å². The third-order valence-corrected chi connectivity index (χ3v) is 3.79. The molecule has 1 aliphatic heterocycles. The summed E-state index contributed by atoms with van der Waals surface area (Å²) < 4.78 is 20.2. The van der Waals surface area contributed by atoms with Crippen LogP contribution in [-0.2, 0) is 11.3 Å². The van der Waals surface area contributed by atoms with Crippen LogP contribution < -0.4 is 10.2 Å². The van der Waals surface area contributed by atoms with Crippen LogP contribution in [0.1, 0.15) is 19.4 Å². The summed E-state index contributed by atoms with van der Waals surface area (Å²) in [6, 6.07) is 7.09. The highest BCUT2D eigenvalue weighted by molar-refractivity contribution is 5.50. The van der Waals surface area contributed by atoms with Crippen molar-refractivity contribution in [2.45, 2.75) is 32.6 Å². The summed E-state index contributed by atoms with van der Waals surface area (Å²) >= 11 is 0. The molecular weight excluding hydrogens is 295 g/mol. The van der Waals surface area contributed by atoms with Crippen molar-refractivity contribution in [2.24, 2.45) is 0 Å². The highest BCUT2D eigenvalue weighted by Crippen LogP contribution is 2.24. The van der Waals surface area contributed by atoms with Crippen molar-refractivity contribution in [3.8, 4) is 0 Å². The summed E-state index contributed by atoms with van der Waals surface area (Å²) in [7, 11) is 0. The maximum Gasteiger partial charge on any atom is 0.222 e. The number of morpholine rings is 1. The molecule has 122 valence electrons. The Balaban J connectivity index is 1.68. The average molecular weight is 316 g/mol. The first-order valence-electron chi connectivity index (χ1n) is 7.81. The fourth-order valence-corrected chi connectivity index (χ4v) is 2.86. The molecule has 0 spiro atoms. The van der Waals surface area contributed by atoms with Gasteiger partial charge in [-0.2, -0.15) is 0 Å². The van der Waals surface area contributed by atoms with Crippen LogP contribution >= 0.6 is 0 Å². The van der Waals surface area contributed by atoms with Crippen molar-refractivity contribution in [1.29, 1.82) is 0 Å². The van der Waals surface area contributed by atoms with Crippen molar-refractivity contribution >= 4 is 11.6 Å². The van der Waals surface area contributed by atoms with E-state index in [0.29, 0.717) is 31.3 Å². The Kier molecular flexibility index (Phi) is 4.71. The Hall–Kier alpha value is -2.21. The molecule has 23 heavy (non-hydrogen) atoms. The van der Waals surface area contributed by atoms with Gasteiger partial charge >= 0.3 is 0 Å². The molecule has 2 heterocycles. The highest BCUT2D eigenvalue weighted by Gasteiger charge is 2.24. The summed E-state index contributed by atoms with van der Waals surface area (Å²) in [5.41, 5.74) is 1.49. The van der Waals surface area contributed by atoms with Crippen molar-refractivity contribution in [2.75, 3.05) is 23.3 Å². The van der Waals surface area contributed by atoms with E-state index in [1.165, 1.54) is 0 Å². The molecule has 1 N–H and O–H groups in total. The molecule has 0 saturated carbocycles. The fraction of sp³-hybridized carbons (Fsp3) is 0.412. The number of aromatic nitrogens is 2. The maximum absolute atomic E-state index is 14.5. The van der Waals surface area contributed by atoms with Crippen LogP contribution in [0.4, 0.5) is 16.0 Å². The highest BCUT2D eigenvalue weighted by atomic mass is 19.1. The van der Waals surface area contributed by atoms with Gasteiger partial charge in [-0.15, -0.1) is 0 Å². The second-order valence-electron chi connectivity index (χ2n) is 5.87. The smallest absolute Gasteiger partial charge is 0.222 e. The van der Waals surface area contributed by atoms with Crippen LogP contribution in [0.25, 0.3) is 0 Å². The SMILES string of the molecule is C[C@H]1CN(c2ccc(CNc3ncccn3)cc2F)C[C@H](C)O1. The maximum atomic E-state index is 14.5. The first kappa shape index (κ1) is 15.7. The molecule has 0 bridgehead atoms. The van der Waals surface area contributed by atoms with E-state index in [-0.39, 0.29) is 18.0 Å². The minimum Gasteiger partial charge on any atom is -0.372 e. The normalized spacial score (nSPS) is 21.3. The molecule has 1 saturated heterocycles. The minimum atomic E-state index is -0.209. The first-order chi connectivity index (χ1) is 11.1. The Morgan fingerprint density at radius 1 is 1.22 bits per heavy atom. The summed E-state index contributed by atoms with van der Waals surface area (Å²) in [6.07, 6.45) is 3.55. The Bertz CT molecular complexity index is 642. The number of nitrogens with one attached hydrogen (secondary N) is 1. The molecule has 1 aliphatic rings. The van der Waals surface area contributed by atoms with Gasteiger partial charge in [0.1, 0.15) is 5.82 Å². The number of anilines is 2. The molecule has 1 fully saturated rings. The van der Waals surface area contributed by atoms with Gasteiger partial charge in [-0.3, -0.25) is 0 Å². The minimum absolute atomic E-state index is 0.106. The zero-order valence-electron chi connectivity index (χ0n) is 13.4. The van der Waals surface area contributed by atoms with Gasteiger partial charge in [0.05, 0.1) is 17.9 Å². The Morgan fingerprint density at radius 3 is 2.57 bits per heavy atom. The average Bonchev–Trinajstić information content (AvgIpc) is 2.53. The summed E-state index contributed by atoms with van der Waals surface area (Å²) in [5.74, 6) is 0.326. The van der Waals surface area contributed by atoms with E-state index >= 15 is 0 Å². The quantitative estimate of drug-likeness (QED) is 0.940. The molecule has 2 aromatic rings. The van der Waals surface area contributed by atoms with Gasteiger partial charge in [0.2, 0.25) is 5.95 Å². The second kappa shape index (κ2) is 6.91. The number of rotatable bonds is 4. The lowest BCUT2D eigenvalue weighted by Gasteiger charge is -2.37. The van der Waals surface area contributed by atoms with Crippen LogP contribution in [-0.4, -0.2) is 35.3 Å². The van der Waals surface area contributed by atoms with Gasteiger partial charge in [0.15, 0.2) is 0 Å². The van der Waals surface area contributed by atoms with Crippen molar-refractivity contribution in [3.63, 3.8) is 0 Å². The molecular formula is C17H21FN4O. The number of hydrogen-bond donors (Lipinski definition) is 1. The van der Waals surface area contributed by atoms with Crippen LogP contribution in [0, 0.1) is 5.82 Å². The molecule has 0 amide bonds. The number of benzene rings is 1. The van der Waals surface area contributed by atoms with E-state index in [1.54, 1.807) is 24.5 Å². The van der Waals surface area contributed by atoms with E-state index < -0.39 is 0 Å². The third-order valence-electron chi connectivity index (χ3n) is 3.79. The van der Waals surface area contributed by atoms with Gasteiger partial charge in [-0.25, -0.2) is 14.4 Å². The lowest BCUT2D eigenvalue weighted by atomic mass is 10.1. The predicted octanol–water partition coefficient (Wildman–Crippen LogP) is 2.84. The van der Waals surface area contributed by atoms with E-state index in [1.807, 2.05) is 30.9 Å². The van der Waals surface area contributed by atoms with E-state index in [2.05, 4.69) is 15.3 Å². The molecule has 1 aromatic heterocycles. The van der Waals surface area contributed by atoms with Crippen LogP contribution in [0.15, 0.2) is 36.7 Å². The Labute approximate surface area is 135 Å². The lowest BCUT2D eigenvalue weighted by Crippen LogP contribution is -2.45. The molecule has 2 atom stereocenters. The summed E-state index contributed by atoms with van der Waals surface area (Å²) in [6.45, 7) is 5.92. The van der Waals surface area contributed by atoms with Gasteiger partial charge in [0, 0.05) is 32.0 Å². The van der Waals surface area contributed by atoms with E-state index in [0.717, 1.165) is 5.56 Å². The van der Waals surface area contributed by atoms with Gasteiger partial charge in [-0.1, -0.05) is 6.07 Å². The fourth-order valence-electron chi connectivity index (χ4n) is 2.86. The number of nitrogens with zero attached hydrogens (tertiary/aromatic N) is 3. The van der Waals surface area contributed by atoms with E-state index in [4.69, 9.17) is 4.74 Å². The van der Waals surface area contributed by atoms with E-state index in [9.17, 15) is 4.39 Å². The largest absolute Gasteiger partial charge is 0.372 e. The molecule has 0 radical (unpaired) electrons. The monoisotopic (exact) mass is 316 g/mol. The molecule has 1 aromatic carbocycles. The zero-order chi connectivity index (χ0) is 16.2. The van der Waals surface area contributed by atoms with Gasteiger partial charge < -0.3 is 15.0 Å². The summed E-state index contributed by atoms with van der Waals surface area (Å²) in [4.78, 5) is 10.2. The summed E-state index contributed by atoms with van der Waals surface area (Å²) in [5, 5.41) is 3.08. The molecule has 0 unspecified atom stereocenters. The van der Waals surface area contributed by atoms with Crippen molar-refractivity contribution in [3.05, 3.63) is 48.0 Å². The lowest BCUT2D eigenvalue weighted by molar-refractivity contribution is -0.00539.